The number of anilines is 1. The molecule has 1 aromatic rings. The number of benzene rings is 1. The summed E-state index contributed by atoms with van der Waals surface area (Å²) in [6.07, 6.45) is 0. The average molecular weight is 255 g/mol. The SMILES string of the molecule is CCOC(=O)c1cccc(SC(C)CO)c1N. The number of esters is 1. The molecule has 1 aromatic carbocycles. The van der Waals surface area contributed by atoms with Crippen LogP contribution in [-0.2, 0) is 4.74 Å². The van der Waals surface area contributed by atoms with Gasteiger partial charge in [-0.2, -0.15) is 0 Å². The van der Waals surface area contributed by atoms with E-state index in [4.69, 9.17) is 15.6 Å². The Labute approximate surface area is 105 Å². The maximum absolute atomic E-state index is 11.6. The molecule has 5 heteroatoms. The number of rotatable bonds is 5. The maximum atomic E-state index is 11.6. The topological polar surface area (TPSA) is 72.5 Å². The molecule has 0 fully saturated rings. The van der Waals surface area contributed by atoms with E-state index in [1.54, 1.807) is 19.1 Å². The van der Waals surface area contributed by atoms with Gasteiger partial charge in [0.2, 0.25) is 0 Å². The number of para-hydroxylation sites is 1. The zero-order valence-corrected chi connectivity index (χ0v) is 10.8. The Morgan fingerprint density at radius 1 is 1.59 bits per heavy atom. The van der Waals surface area contributed by atoms with Crippen LogP contribution < -0.4 is 5.73 Å². The highest BCUT2D eigenvalue weighted by Gasteiger charge is 2.14. The second-order valence-corrected chi connectivity index (χ2v) is 5.03. The summed E-state index contributed by atoms with van der Waals surface area (Å²) in [6.45, 7) is 4.03. The zero-order valence-electron chi connectivity index (χ0n) is 9.97. The van der Waals surface area contributed by atoms with Crippen molar-refractivity contribution in [1.82, 2.24) is 0 Å². The van der Waals surface area contributed by atoms with Crippen LogP contribution in [-0.4, -0.2) is 29.5 Å². The minimum Gasteiger partial charge on any atom is -0.462 e. The molecule has 0 aromatic heterocycles. The Balaban J connectivity index is 2.94. The highest BCUT2D eigenvalue weighted by Crippen LogP contribution is 2.31. The predicted octanol–water partition coefficient (Wildman–Crippen LogP) is 1.92. The van der Waals surface area contributed by atoms with Crippen molar-refractivity contribution in [2.24, 2.45) is 0 Å². The van der Waals surface area contributed by atoms with Gasteiger partial charge in [0.05, 0.1) is 24.5 Å². The first kappa shape index (κ1) is 13.9. The second kappa shape index (κ2) is 6.51. The molecule has 0 aliphatic rings. The van der Waals surface area contributed by atoms with E-state index in [0.29, 0.717) is 17.9 Å². The lowest BCUT2D eigenvalue weighted by molar-refractivity contribution is 0.0527. The van der Waals surface area contributed by atoms with E-state index in [0.717, 1.165) is 4.90 Å². The highest BCUT2D eigenvalue weighted by molar-refractivity contribution is 8.00. The third-order valence-electron chi connectivity index (χ3n) is 2.15. The van der Waals surface area contributed by atoms with E-state index >= 15 is 0 Å². The lowest BCUT2D eigenvalue weighted by atomic mass is 10.2. The van der Waals surface area contributed by atoms with Gasteiger partial charge in [0.1, 0.15) is 0 Å². The van der Waals surface area contributed by atoms with Gasteiger partial charge in [0.15, 0.2) is 0 Å². The van der Waals surface area contributed by atoms with Crippen molar-refractivity contribution in [3.8, 4) is 0 Å². The number of nitrogens with two attached hydrogens (primary N) is 1. The molecular formula is C12H17NO3S. The third kappa shape index (κ3) is 3.64. The molecule has 0 spiro atoms. The summed E-state index contributed by atoms with van der Waals surface area (Å²) in [5.74, 6) is -0.413. The minimum absolute atomic E-state index is 0.0368. The molecular weight excluding hydrogens is 238 g/mol. The smallest absolute Gasteiger partial charge is 0.340 e. The molecule has 0 aliphatic carbocycles. The van der Waals surface area contributed by atoms with Gasteiger partial charge in [-0.15, -0.1) is 11.8 Å². The maximum Gasteiger partial charge on any atom is 0.340 e. The largest absolute Gasteiger partial charge is 0.462 e. The fourth-order valence-electron chi connectivity index (χ4n) is 1.29. The molecule has 0 saturated carbocycles. The summed E-state index contributed by atoms with van der Waals surface area (Å²) < 4.78 is 4.92. The number of hydrogen-bond acceptors (Lipinski definition) is 5. The van der Waals surface area contributed by atoms with E-state index in [1.807, 2.05) is 13.0 Å². The van der Waals surface area contributed by atoms with Crippen LogP contribution in [0, 0.1) is 0 Å². The molecule has 0 saturated heterocycles. The highest BCUT2D eigenvalue weighted by atomic mass is 32.2. The quantitative estimate of drug-likeness (QED) is 0.478. The first-order valence-corrected chi connectivity index (χ1v) is 6.31. The Morgan fingerprint density at radius 2 is 2.29 bits per heavy atom. The van der Waals surface area contributed by atoms with Crippen molar-refractivity contribution in [2.75, 3.05) is 18.9 Å². The fraction of sp³-hybridized carbons (Fsp3) is 0.417. The van der Waals surface area contributed by atoms with Crippen molar-refractivity contribution in [3.63, 3.8) is 0 Å². The molecule has 17 heavy (non-hydrogen) atoms. The summed E-state index contributed by atoms with van der Waals surface area (Å²) >= 11 is 1.44. The van der Waals surface area contributed by atoms with Crippen LogP contribution in [0.4, 0.5) is 5.69 Å². The van der Waals surface area contributed by atoms with E-state index < -0.39 is 5.97 Å². The lowest BCUT2D eigenvalue weighted by Crippen LogP contribution is -2.09. The number of aliphatic hydroxyl groups is 1. The van der Waals surface area contributed by atoms with Gasteiger partial charge >= 0.3 is 5.97 Å². The molecule has 3 N–H and O–H groups in total. The predicted molar refractivity (Wildman–Crippen MR) is 69.2 cm³/mol. The van der Waals surface area contributed by atoms with Gasteiger partial charge in [-0.05, 0) is 19.1 Å². The molecule has 0 heterocycles. The van der Waals surface area contributed by atoms with Crippen molar-refractivity contribution < 1.29 is 14.6 Å². The summed E-state index contributed by atoms with van der Waals surface area (Å²) in [4.78, 5) is 12.4. The van der Waals surface area contributed by atoms with Crippen LogP contribution in [0.3, 0.4) is 0 Å². The number of aliphatic hydroxyl groups excluding tert-OH is 1. The number of carbonyl (C=O) groups excluding carboxylic acids is 1. The summed E-state index contributed by atoms with van der Waals surface area (Å²) in [6, 6.07) is 5.23. The monoisotopic (exact) mass is 255 g/mol. The van der Waals surface area contributed by atoms with E-state index in [2.05, 4.69) is 0 Å². The van der Waals surface area contributed by atoms with Crippen LogP contribution in [0.1, 0.15) is 24.2 Å². The van der Waals surface area contributed by atoms with Gasteiger partial charge < -0.3 is 15.6 Å². The molecule has 0 bridgehead atoms. The average Bonchev–Trinajstić information content (AvgIpc) is 2.32. The standard InChI is InChI=1S/C12H17NO3S/c1-3-16-12(15)9-5-4-6-10(11(9)13)17-8(2)7-14/h4-6,8,14H,3,7,13H2,1-2H3. The van der Waals surface area contributed by atoms with Crippen LogP contribution in [0.2, 0.25) is 0 Å². The Kier molecular flexibility index (Phi) is 5.31. The van der Waals surface area contributed by atoms with Crippen LogP contribution in [0.15, 0.2) is 23.1 Å². The van der Waals surface area contributed by atoms with Gasteiger partial charge in [-0.1, -0.05) is 13.0 Å². The minimum atomic E-state index is -0.413. The van der Waals surface area contributed by atoms with Gasteiger partial charge in [0, 0.05) is 10.1 Å². The number of ether oxygens (including phenoxy) is 1. The van der Waals surface area contributed by atoms with Crippen LogP contribution in [0.25, 0.3) is 0 Å². The van der Waals surface area contributed by atoms with Gasteiger partial charge in [-0.3, -0.25) is 0 Å². The molecule has 4 nitrogen and oxygen atoms in total. The van der Waals surface area contributed by atoms with Crippen molar-refractivity contribution >= 4 is 23.4 Å². The Morgan fingerprint density at radius 3 is 2.88 bits per heavy atom. The first-order chi connectivity index (χ1) is 8.10. The summed E-state index contributed by atoms with van der Waals surface area (Å²) in [5.41, 5.74) is 6.70. The lowest BCUT2D eigenvalue weighted by Gasteiger charge is -2.12. The number of carbonyl (C=O) groups is 1. The number of hydrogen-bond donors (Lipinski definition) is 2. The molecule has 1 unspecified atom stereocenters. The normalized spacial score (nSPS) is 12.2. The van der Waals surface area contributed by atoms with Gasteiger partial charge in [0.25, 0.3) is 0 Å². The van der Waals surface area contributed by atoms with Crippen LogP contribution >= 0.6 is 11.8 Å². The van der Waals surface area contributed by atoms with Crippen molar-refractivity contribution in [2.45, 2.75) is 24.0 Å². The summed E-state index contributed by atoms with van der Waals surface area (Å²) in [5, 5.41) is 9.03. The Bertz CT molecular complexity index is 395. The Hall–Kier alpha value is -1.20. The van der Waals surface area contributed by atoms with E-state index in [-0.39, 0.29) is 11.9 Å². The summed E-state index contributed by atoms with van der Waals surface area (Å²) in [7, 11) is 0. The van der Waals surface area contributed by atoms with E-state index in [1.165, 1.54) is 11.8 Å². The van der Waals surface area contributed by atoms with Crippen molar-refractivity contribution in [3.05, 3.63) is 23.8 Å². The number of thioether (sulfide) groups is 1. The third-order valence-corrected chi connectivity index (χ3v) is 3.31. The fourth-order valence-corrected chi connectivity index (χ4v) is 2.19. The van der Waals surface area contributed by atoms with Gasteiger partial charge in [-0.25, -0.2) is 4.79 Å². The first-order valence-electron chi connectivity index (χ1n) is 5.43. The second-order valence-electron chi connectivity index (χ2n) is 3.55. The van der Waals surface area contributed by atoms with Crippen molar-refractivity contribution in [1.29, 1.82) is 0 Å². The zero-order chi connectivity index (χ0) is 12.8. The molecule has 1 atom stereocenters. The van der Waals surface area contributed by atoms with E-state index in [9.17, 15) is 4.79 Å². The molecule has 0 radical (unpaired) electrons. The number of nitrogen functional groups attached to an aromatic ring is 1. The molecule has 0 amide bonds. The van der Waals surface area contributed by atoms with Crippen LogP contribution in [0.5, 0.6) is 0 Å². The molecule has 0 aliphatic heterocycles. The molecule has 94 valence electrons. The molecule has 1 rings (SSSR count).